The molecule has 0 bridgehead atoms. The van der Waals surface area contributed by atoms with E-state index in [1.165, 1.54) is 146 Å². The zero-order valence-electron chi connectivity index (χ0n) is 20.9. The molecule has 2 N–H and O–H groups in total. The molecule has 0 aliphatic rings. The van der Waals surface area contributed by atoms with Crippen LogP contribution in [0.15, 0.2) is 0 Å². The second-order valence-corrected chi connectivity index (χ2v) is 9.75. The lowest BCUT2D eigenvalue weighted by molar-refractivity contribution is -0.890. The molecule has 0 heterocycles. The van der Waals surface area contributed by atoms with E-state index in [4.69, 9.17) is 0 Å². The zero-order chi connectivity index (χ0) is 20.1. The second kappa shape index (κ2) is 26.4. The van der Waals surface area contributed by atoms with Gasteiger partial charge in [-0.2, -0.15) is 0 Å². The van der Waals surface area contributed by atoms with Crippen molar-refractivity contribution in [1.82, 2.24) is 0 Å². The number of unbranched alkanes of at least 4 members (excludes halogenated alkanes) is 18. The normalized spacial score (nSPS) is 11.2. The van der Waals surface area contributed by atoms with Crippen molar-refractivity contribution in [2.24, 2.45) is 0 Å². The van der Waals surface area contributed by atoms with Crippen molar-refractivity contribution in [2.45, 2.75) is 142 Å². The molecule has 0 aromatic carbocycles. The van der Waals surface area contributed by atoms with Gasteiger partial charge in [-0.25, -0.2) is 0 Å². The van der Waals surface area contributed by atoms with Gasteiger partial charge in [0.1, 0.15) is 0 Å². The third kappa shape index (κ3) is 28.4. The Labute approximate surface area is 196 Å². The maximum atomic E-state index is 2.45. The van der Waals surface area contributed by atoms with E-state index in [2.05, 4.69) is 27.9 Å². The number of hydrogen-bond donors (Lipinski definition) is 0. The van der Waals surface area contributed by atoms with E-state index in [9.17, 15) is 0 Å². The summed E-state index contributed by atoms with van der Waals surface area (Å²) < 4.78 is 1.24. The van der Waals surface area contributed by atoms with Crippen LogP contribution in [0.4, 0.5) is 0 Å². The van der Waals surface area contributed by atoms with Crippen molar-refractivity contribution in [2.75, 3.05) is 27.2 Å². The largest absolute Gasteiger partial charge is 1.00 e. The molecule has 0 fully saturated rings. The predicted octanol–water partition coefficient (Wildman–Crippen LogP) is 5.08. The molecule has 0 spiro atoms. The summed E-state index contributed by atoms with van der Waals surface area (Å²) in [5, 5.41) is 0. The Hall–Kier alpha value is 0.400. The molecule has 0 saturated heterocycles. The van der Waals surface area contributed by atoms with E-state index in [0.717, 1.165) is 0 Å². The first-order valence-corrected chi connectivity index (χ1v) is 12.9. The van der Waals surface area contributed by atoms with Crippen molar-refractivity contribution >= 4 is 0 Å². The minimum absolute atomic E-state index is 0. The van der Waals surface area contributed by atoms with Crippen LogP contribution in [0.5, 0.6) is 0 Å². The summed E-state index contributed by atoms with van der Waals surface area (Å²) in [5.74, 6) is 0. The van der Waals surface area contributed by atoms with Crippen LogP contribution < -0.4 is 17.0 Å². The highest BCUT2D eigenvalue weighted by molar-refractivity contribution is 4.50. The number of nitrogens with zero attached hydrogens (tertiary/aromatic N) is 1. The third-order valence-electron chi connectivity index (χ3n) is 6.23. The summed E-state index contributed by atoms with van der Waals surface area (Å²) in [4.78, 5) is 0. The molecule has 0 aromatic heterocycles. The first-order valence-electron chi connectivity index (χ1n) is 12.9. The number of rotatable bonds is 22. The van der Waals surface area contributed by atoms with Crippen molar-refractivity contribution in [3.63, 3.8) is 0 Å². The molecule has 0 rings (SSSR count). The van der Waals surface area contributed by atoms with Gasteiger partial charge in [-0.05, 0) is 25.7 Å². The lowest BCUT2D eigenvalue weighted by atomic mass is 10.1. The topological polar surface area (TPSA) is 31.5 Å². The van der Waals surface area contributed by atoms with Crippen molar-refractivity contribution in [1.29, 1.82) is 0 Å². The van der Waals surface area contributed by atoms with Crippen molar-refractivity contribution in [3.05, 3.63) is 0 Å². The van der Waals surface area contributed by atoms with Gasteiger partial charge in [-0.15, -0.1) is 0 Å². The summed E-state index contributed by atoms with van der Waals surface area (Å²) in [6.45, 7) is 7.37. The fourth-order valence-electron chi connectivity index (χ4n) is 4.17. The fourth-order valence-corrected chi connectivity index (χ4v) is 4.17. The fraction of sp³-hybridized carbons (Fsp3) is 1.00. The van der Waals surface area contributed by atoms with Gasteiger partial charge in [-0.3, -0.25) is 0 Å². The van der Waals surface area contributed by atoms with Gasteiger partial charge in [0.15, 0.2) is 0 Å². The molecule has 3 heteroatoms. The molecular weight excluding hydrogens is 422 g/mol. The molecule has 0 atom stereocenters. The average molecular weight is 481 g/mol. The number of quaternary nitrogens is 1. The maximum absolute atomic E-state index is 2.45. The minimum Gasteiger partial charge on any atom is -1.00 e. The van der Waals surface area contributed by atoms with Crippen LogP contribution in [-0.2, 0) is 0 Å². The second-order valence-electron chi connectivity index (χ2n) is 9.75. The Morgan fingerprint density at radius 2 is 0.586 bits per heavy atom. The number of hydrogen-bond acceptors (Lipinski definition) is 0. The zero-order valence-corrected chi connectivity index (χ0v) is 22.5. The van der Waals surface area contributed by atoms with E-state index in [1.807, 2.05) is 0 Å². The Balaban J connectivity index is -0.00000338. The van der Waals surface area contributed by atoms with Gasteiger partial charge < -0.3 is 26.9 Å². The molecule has 0 unspecified atom stereocenters. The summed E-state index contributed by atoms with van der Waals surface area (Å²) >= 11 is 0. The highest BCUT2D eigenvalue weighted by Gasteiger charge is 2.13. The Morgan fingerprint density at radius 1 is 0.379 bits per heavy atom. The molecule has 29 heavy (non-hydrogen) atoms. The van der Waals surface area contributed by atoms with Crippen molar-refractivity contribution < 1.29 is 26.9 Å². The molecule has 0 aromatic rings. The first-order chi connectivity index (χ1) is 13.1. The minimum atomic E-state index is 0. The molecule has 0 radical (unpaired) electrons. The van der Waals surface area contributed by atoms with Crippen LogP contribution in [0, 0.1) is 0 Å². The van der Waals surface area contributed by atoms with Gasteiger partial charge in [0.2, 0.25) is 0 Å². The summed E-state index contributed by atoms with van der Waals surface area (Å²) in [6.07, 6.45) is 29.0. The molecule has 0 amide bonds. The Kier molecular flexibility index (Phi) is 31.0. The van der Waals surface area contributed by atoms with E-state index in [1.54, 1.807) is 0 Å². The van der Waals surface area contributed by atoms with Crippen LogP contribution >= 0.6 is 0 Å². The van der Waals surface area contributed by atoms with Gasteiger partial charge in [0.05, 0.1) is 27.2 Å². The van der Waals surface area contributed by atoms with Gasteiger partial charge >= 0.3 is 0 Å². The quantitative estimate of drug-likeness (QED) is 0.153. The van der Waals surface area contributed by atoms with Crippen LogP contribution in [0.2, 0.25) is 0 Å². The highest BCUT2D eigenvalue weighted by atomic mass is 79.9. The Bertz CT molecular complexity index is 258. The van der Waals surface area contributed by atoms with Crippen LogP contribution in [0.25, 0.3) is 0 Å². The standard InChI is InChI=1S/C26H56N.BrH.H2O/c1-5-7-9-11-13-15-17-19-21-23-25-27(3,4)26-24-22-20-18-16-14-12-10-8-6-2;;/h5-26H2,1-4H3;1H;1H2/q+1;;/p-1. The molecule has 0 aliphatic heterocycles. The molecular formula is C26H58BrNO. The molecule has 0 saturated carbocycles. The van der Waals surface area contributed by atoms with Crippen LogP contribution in [0.3, 0.4) is 0 Å². The summed E-state index contributed by atoms with van der Waals surface area (Å²) in [6, 6.07) is 0. The molecule has 2 nitrogen and oxygen atoms in total. The van der Waals surface area contributed by atoms with Crippen LogP contribution in [0.1, 0.15) is 142 Å². The van der Waals surface area contributed by atoms with Crippen molar-refractivity contribution in [3.8, 4) is 0 Å². The summed E-state index contributed by atoms with van der Waals surface area (Å²) in [5.41, 5.74) is 0. The molecule has 0 aliphatic carbocycles. The van der Waals surface area contributed by atoms with E-state index >= 15 is 0 Å². The maximum Gasteiger partial charge on any atom is 0.0782 e. The van der Waals surface area contributed by atoms with Gasteiger partial charge in [-0.1, -0.05) is 117 Å². The van der Waals surface area contributed by atoms with Gasteiger partial charge in [0, 0.05) is 0 Å². The third-order valence-corrected chi connectivity index (χ3v) is 6.23. The highest BCUT2D eigenvalue weighted by Crippen LogP contribution is 2.14. The average Bonchev–Trinajstić information content (AvgIpc) is 2.64. The van der Waals surface area contributed by atoms with Gasteiger partial charge in [0.25, 0.3) is 0 Å². The van der Waals surface area contributed by atoms with Crippen LogP contribution in [-0.4, -0.2) is 37.1 Å². The monoisotopic (exact) mass is 479 g/mol. The lowest BCUT2D eigenvalue weighted by Crippen LogP contribution is -3.00. The first kappa shape index (κ1) is 34.0. The predicted molar refractivity (Wildman–Crippen MR) is 129 cm³/mol. The SMILES string of the molecule is CCCCCCCCCCCC[N+](C)(C)CCCCCCCCCCCC.O.[Br-]. The lowest BCUT2D eigenvalue weighted by Gasteiger charge is -2.30. The van der Waals surface area contributed by atoms with E-state index in [-0.39, 0.29) is 22.5 Å². The van der Waals surface area contributed by atoms with E-state index in [0.29, 0.717) is 0 Å². The Morgan fingerprint density at radius 3 is 0.828 bits per heavy atom. The summed E-state index contributed by atoms with van der Waals surface area (Å²) in [7, 11) is 4.89. The number of halogens is 1. The molecule has 180 valence electrons. The smallest absolute Gasteiger partial charge is 0.0782 e. The van der Waals surface area contributed by atoms with E-state index < -0.39 is 0 Å².